The van der Waals surface area contributed by atoms with Crippen LogP contribution in [0.4, 0.5) is 0 Å². The number of hydrogen-bond acceptors (Lipinski definition) is 5. The lowest BCUT2D eigenvalue weighted by molar-refractivity contribution is -0.0847. The molecule has 2 fully saturated rings. The van der Waals surface area contributed by atoms with Crippen molar-refractivity contribution in [2.24, 2.45) is 11.8 Å². The topological polar surface area (TPSA) is 60.2 Å². The predicted octanol–water partition coefficient (Wildman–Crippen LogP) is 3.18. The van der Waals surface area contributed by atoms with Gasteiger partial charge in [0.05, 0.1) is 6.04 Å². The van der Waals surface area contributed by atoms with Crippen LogP contribution in [0.15, 0.2) is 4.52 Å². The first kappa shape index (κ1) is 15.0. The van der Waals surface area contributed by atoms with Gasteiger partial charge in [-0.15, -0.1) is 0 Å². The summed E-state index contributed by atoms with van der Waals surface area (Å²) in [6.45, 7) is 8.30. The number of rotatable bonds is 4. The SMILES string of the molecule is CCOC1(c2noc(C3NCCC3C)n2)CCC(C)CC1. The van der Waals surface area contributed by atoms with Gasteiger partial charge in [-0.05, 0) is 57.4 Å². The van der Waals surface area contributed by atoms with E-state index in [1.165, 1.54) is 12.8 Å². The van der Waals surface area contributed by atoms with Crippen molar-refractivity contribution in [2.45, 2.75) is 64.5 Å². The zero-order valence-electron chi connectivity index (χ0n) is 13.4. The third kappa shape index (κ3) is 2.86. The molecule has 118 valence electrons. The van der Waals surface area contributed by atoms with E-state index in [4.69, 9.17) is 14.2 Å². The molecule has 1 saturated heterocycles. The zero-order chi connectivity index (χ0) is 14.9. The van der Waals surface area contributed by atoms with E-state index < -0.39 is 0 Å². The van der Waals surface area contributed by atoms with Crippen LogP contribution in [0.1, 0.15) is 70.6 Å². The first-order valence-corrected chi connectivity index (χ1v) is 8.36. The molecule has 1 aliphatic carbocycles. The van der Waals surface area contributed by atoms with Gasteiger partial charge < -0.3 is 14.6 Å². The number of aromatic nitrogens is 2. The Kier molecular flexibility index (Phi) is 4.31. The van der Waals surface area contributed by atoms with Crippen LogP contribution in [-0.4, -0.2) is 23.3 Å². The normalized spacial score (nSPS) is 37.0. The Morgan fingerprint density at radius 3 is 2.67 bits per heavy atom. The van der Waals surface area contributed by atoms with Crippen LogP contribution in [0.5, 0.6) is 0 Å². The highest BCUT2D eigenvalue weighted by Gasteiger charge is 2.42. The maximum absolute atomic E-state index is 6.10. The molecule has 5 heteroatoms. The monoisotopic (exact) mass is 293 g/mol. The van der Waals surface area contributed by atoms with Crippen LogP contribution in [0, 0.1) is 11.8 Å². The fraction of sp³-hybridized carbons (Fsp3) is 0.875. The van der Waals surface area contributed by atoms with E-state index in [0.717, 1.165) is 43.4 Å². The standard InChI is InChI=1S/C16H27N3O2/c1-4-20-16(8-5-11(2)6-9-16)15-18-14(21-19-15)13-12(3)7-10-17-13/h11-13,17H,4-10H2,1-3H3. The summed E-state index contributed by atoms with van der Waals surface area (Å²) in [5, 5.41) is 7.74. The van der Waals surface area contributed by atoms with Crippen LogP contribution < -0.4 is 5.32 Å². The maximum atomic E-state index is 6.10. The van der Waals surface area contributed by atoms with Gasteiger partial charge in [-0.3, -0.25) is 0 Å². The number of ether oxygens (including phenoxy) is 1. The lowest BCUT2D eigenvalue weighted by Crippen LogP contribution is -2.35. The molecular formula is C16H27N3O2. The largest absolute Gasteiger partial charge is 0.367 e. The van der Waals surface area contributed by atoms with Crippen LogP contribution >= 0.6 is 0 Å². The highest BCUT2D eigenvalue weighted by Crippen LogP contribution is 2.42. The predicted molar refractivity (Wildman–Crippen MR) is 79.8 cm³/mol. The van der Waals surface area contributed by atoms with Crippen LogP contribution in [-0.2, 0) is 10.3 Å². The number of nitrogens with one attached hydrogen (secondary N) is 1. The minimum atomic E-state index is -0.329. The van der Waals surface area contributed by atoms with Gasteiger partial charge in [-0.2, -0.15) is 4.98 Å². The number of nitrogens with zero attached hydrogens (tertiary/aromatic N) is 2. The Bertz CT molecular complexity index is 466. The van der Waals surface area contributed by atoms with Gasteiger partial charge in [0.1, 0.15) is 5.60 Å². The molecule has 5 nitrogen and oxygen atoms in total. The molecule has 0 bridgehead atoms. The molecule has 1 N–H and O–H groups in total. The summed E-state index contributed by atoms with van der Waals surface area (Å²) in [6.07, 6.45) is 5.49. The molecule has 21 heavy (non-hydrogen) atoms. The van der Waals surface area contributed by atoms with E-state index >= 15 is 0 Å². The van der Waals surface area contributed by atoms with Crippen LogP contribution in [0.2, 0.25) is 0 Å². The third-order valence-corrected chi connectivity index (χ3v) is 5.15. The fourth-order valence-corrected chi connectivity index (χ4v) is 3.65. The van der Waals surface area contributed by atoms with Crippen molar-refractivity contribution in [1.82, 2.24) is 15.5 Å². The highest BCUT2D eigenvalue weighted by atomic mass is 16.5. The maximum Gasteiger partial charge on any atom is 0.244 e. The lowest BCUT2D eigenvalue weighted by atomic mass is 9.79. The summed E-state index contributed by atoms with van der Waals surface area (Å²) < 4.78 is 11.7. The van der Waals surface area contributed by atoms with Crippen molar-refractivity contribution in [2.75, 3.05) is 13.2 Å². The molecule has 0 radical (unpaired) electrons. The Morgan fingerprint density at radius 2 is 2.05 bits per heavy atom. The van der Waals surface area contributed by atoms with Gasteiger partial charge in [-0.1, -0.05) is 19.0 Å². The fourth-order valence-electron chi connectivity index (χ4n) is 3.65. The van der Waals surface area contributed by atoms with Gasteiger partial charge in [0.2, 0.25) is 11.7 Å². The molecule has 2 unspecified atom stereocenters. The van der Waals surface area contributed by atoms with Crippen LogP contribution in [0.3, 0.4) is 0 Å². The minimum Gasteiger partial charge on any atom is -0.367 e. The van der Waals surface area contributed by atoms with Gasteiger partial charge in [0.15, 0.2) is 0 Å². The summed E-state index contributed by atoms with van der Waals surface area (Å²) in [6, 6.07) is 0.201. The molecule has 3 rings (SSSR count). The number of hydrogen-bond donors (Lipinski definition) is 1. The highest BCUT2D eigenvalue weighted by molar-refractivity contribution is 5.07. The first-order chi connectivity index (χ1) is 10.1. The second-order valence-corrected chi connectivity index (χ2v) is 6.76. The van der Waals surface area contributed by atoms with Crippen molar-refractivity contribution in [3.05, 3.63) is 11.7 Å². The molecular weight excluding hydrogens is 266 g/mol. The molecule has 1 aromatic rings. The average molecular weight is 293 g/mol. The van der Waals surface area contributed by atoms with Crippen molar-refractivity contribution in [1.29, 1.82) is 0 Å². The van der Waals surface area contributed by atoms with Crippen molar-refractivity contribution in [3.63, 3.8) is 0 Å². The molecule has 0 spiro atoms. The summed E-state index contributed by atoms with van der Waals surface area (Å²) in [4.78, 5) is 4.72. The van der Waals surface area contributed by atoms with E-state index in [1.54, 1.807) is 0 Å². The van der Waals surface area contributed by atoms with E-state index in [1.807, 2.05) is 6.92 Å². The van der Waals surface area contributed by atoms with Crippen LogP contribution in [0.25, 0.3) is 0 Å². The van der Waals surface area contributed by atoms with Crippen molar-refractivity contribution in [3.8, 4) is 0 Å². The average Bonchev–Trinajstić information content (AvgIpc) is 3.10. The summed E-state index contributed by atoms with van der Waals surface area (Å²) in [7, 11) is 0. The molecule has 2 aliphatic rings. The lowest BCUT2D eigenvalue weighted by Gasteiger charge is -2.36. The van der Waals surface area contributed by atoms with E-state index in [-0.39, 0.29) is 11.6 Å². The quantitative estimate of drug-likeness (QED) is 0.924. The van der Waals surface area contributed by atoms with Gasteiger partial charge in [-0.25, -0.2) is 0 Å². The smallest absolute Gasteiger partial charge is 0.244 e. The van der Waals surface area contributed by atoms with Gasteiger partial charge in [0, 0.05) is 6.61 Å². The van der Waals surface area contributed by atoms with E-state index in [0.29, 0.717) is 12.5 Å². The second kappa shape index (κ2) is 6.05. The van der Waals surface area contributed by atoms with Crippen molar-refractivity contribution >= 4 is 0 Å². The Balaban J connectivity index is 1.82. The molecule has 1 aromatic heterocycles. The summed E-state index contributed by atoms with van der Waals surface area (Å²) in [5.41, 5.74) is -0.329. The van der Waals surface area contributed by atoms with Crippen molar-refractivity contribution < 1.29 is 9.26 Å². The summed E-state index contributed by atoms with van der Waals surface area (Å²) in [5.74, 6) is 2.80. The van der Waals surface area contributed by atoms with Gasteiger partial charge >= 0.3 is 0 Å². The first-order valence-electron chi connectivity index (χ1n) is 8.36. The molecule has 0 amide bonds. The minimum absolute atomic E-state index is 0.201. The molecule has 1 aliphatic heterocycles. The molecule has 0 aromatic carbocycles. The van der Waals surface area contributed by atoms with E-state index in [9.17, 15) is 0 Å². The Morgan fingerprint density at radius 1 is 1.29 bits per heavy atom. The molecule has 2 atom stereocenters. The second-order valence-electron chi connectivity index (χ2n) is 6.76. The third-order valence-electron chi connectivity index (χ3n) is 5.15. The van der Waals surface area contributed by atoms with E-state index in [2.05, 4.69) is 24.3 Å². The molecule has 1 saturated carbocycles. The zero-order valence-corrected chi connectivity index (χ0v) is 13.4. The summed E-state index contributed by atoms with van der Waals surface area (Å²) >= 11 is 0. The Hall–Kier alpha value is -0.940. The molecule has 2 heterocycles. The Labute approximate surface area is 126 Å². The van der Waals surface area contributed by atoms with Gasteiger partial charge in [0.25, 0.3) is 0 Å².